The van der Waals surface area contributed by atoms with E-state index in [-0.39, 0.29) is 11.8 Å². The number of primary amides is 1. The number of nitrogens with zero attached hydrogens (tertiary/aromatic N) is 1. The van der Waals surface area contributed by atoms with Gasteiger partial charge in [0.1, 0.15) is 5.75 Å². The second-order valence-electron chi connectivity index (χ2n) is 6.59. The van der Waals surface area contributed by atoms with Crippen LogP contribution >= 0.6 is 0 Å². The SMILES string of the molecule is C=CCc1cc(CNCCN2CCC[C@H](C(N)=O)C2)ccc1OCC. The normalized spacial score (nSPS) is 18.0. The number of likely N-dealkylation sites (tertiary alicyclic amines) is 1. The molecule has 25 heavy (non-hydrogen) atoms. The fraction of sp³-hybridized carbons (Fsp3) is 0.550. The lowest BCUT2D eigenvalue weighted by atomic mass is 9.97. The van der Waals surface area contributed by atoms with Crippen molar-refractivity contribution in [2.45, 2.75) is 32.7 Å². The van der Waals surface area contributed by atoms with Gasteiger partial charge in [-0.3, -0.25) is 4.79 Å². The fourth-order valence-corrected chi connectivity index (χ4v) is 3.31. The summed E-state index contributed by atoms with van der Waals surface area (Å²) in [5.74, 6) is 0.792. The number of nitrogens with two attached hydrogens (primary N) is 1. The molecule has 1 aromatic rings. The van der Waals surface area contributed by atoms with Gasteiger partial charge in [0.15, 0.2) is 0 Å². The van der Waals surface area contributed by atoms with E-state index in [1.807, 2.05) is 19.1 Å². The summed E-state index contributed by atoms with van der Waals surface area (Å²) in [6.07, 6.45) is 4.70. The van der Waals surface area contributed by atoms with Gasteiger partial charge in [0.25, 0.3) is 0 Å². The molecule has 0 aromatic heterocycles. The van der Waals surface area contributed by atoms with Crippen LogP contribution in [0.2, 0.25) is 0 Å². The molecular formula is C20H31N3O2. The molecule has 1 aliphatic rings. The van der Waals surface area contributed by atoms with Crippen LogP contribution in [0.4, 0.5) is 0 Å². The highest BCUT2D eigenvalue weighted by Gasteiger charge is 2.23. The minimum absolute atomic E-state index is 0.0151. The topological polar surface area (TPSA) is 67.6 Å². The molecule has 1 atom stereocenters. The molecule has 3 N–H and O–H groups in total. The van der Waals surface area contributed by atoms with E-state index in [1.165, 1.54) is 11.1 Å². The molecule has 1 saturated heterocycles. The van der Waals surface area contributed by atoms with Gasteiger partial charge in [0, 0.05) is 26.2 Å². The third-order valence-corrected chi connectivity index (χ3v) is 4.63. The van der Waals surface area contributed by atoms with Crippen molar-refractivity contribution in [3.05, 3.63) is 42.0 Å². The molecule has 0 bridgehead atoms. The number of hydrogen-bond donors (Lipinski definition) is 2. The number of piperidine rings is 1. The standard InChI is InChI=1S/C20H31N3O2/c1-3-6-17-13-16(8-9-19(17)25-4-2)14-22-10-12-23-11-5-7-18(15-23)20(21)24/h3,8-9,13,18,22H,1,4-7,10-12,14-15H2,2H3,(H2,21,24)/t18-/m0/s1. The Morgan fingerprint density at radius 1 is 1.52 bits per heavy atom. The van der Waals surface area contributed by atoms with Crippen molar-refractivity contribution in [3.63, 3.8) is 0 Å². The van der Waals surface area contributed by atoms with Gasteiger partial charge in [0.2, 0.25) is 5.91 Å². The second-order valence-corrected chi connectivity index (χ2v) is 6.59. The third kappa shape index (κ3) is 6.18. The van der Waals surface area contributed by atoms with Gasteiger partial charge >= 0.3 is 0 Å². The highest BCUT2D eigenvalue weighted by molar-refractivity contribution is 5.76. The predicted molar refractivity (Wildman–Crippen MR) is 102 cm³/mol. The molecule has 5 heteroatoms. The van der Waals surface area contributed by atoms with Crippen LogP contribution in [-0.4, -0.2) is 43.6 Å². The minimum atomic E-state index is -0.165. The van der Waals surface area contributed by atoms with Gasteiger partial charge in [-0.1, -0.05) is 18.2 Å². The Hall–Kier alpha value is -1.85. The minimum Gasteiger partial charge on any atom is -0.494 e. The summed E-state index contributed by atoms with van der Waals surface area (Å²) in [6, 6.07) is 6.33. The summed E-state index contributed by atoms with van der Waals surface area (Å²) in [7, 11) is 0. The van der Waals surface area contributed by atoms with E-state index in [2.05, 4.69) is 28.9 Å². The fourth-order valence-electron chi connectivity index (χ4n) is 3.31. The molecule has 1 aliphatic heterocycles. The Kier molecular flexibility index (Phi) is 7.95. The zero-order chi connectivity index (χ0) is 18.1. The van der Waals surface area contributed by atoms with E-state index >= 15 is 0 Å². The Bertz CT molecular complexity index is 574. The first kappa shape index (κ1) is 19.5. The summed E-state index contributed by atoms with van der Waals surface area (Å²) in [5, 5.41) is 3.49. The van der Waals surface area contributed by atoms with Gasteiger partial charge in [-0.15, -0.1) is 6.58 Å². The zero-order valence-electron chi connectivity index (χ0n) is 15.3. The van der Waals surface area contributed by atoms with Gasteiger partial charge in [0.05, 0.1) is 12.5 Å². The number of allylic oxidation sites excluding steroid dienone is 1. The van der Waals surface area contributed by atoms with Crippen LogP contribution in [0.25, 0.3) is 0 Å². The molecule has 0 unspecified atom stereocenters. The Morgan fingerprint density at radius 3 is 3.08 bits per heavy atom. The van der Waals surface area contributed by atoms with Crippen molar-refractivity contribution in [2.75, 3.05) is 32.8 Å². The molecular weight excluding hydrogens is 314 g/mol. The van der Waals surface area contributed by atoms with Gasteiger partial charge in [-0.2, -0.15) is 0 Å². The number of carbonyl (C=O) groups excluding carboxylic acids is 1. The largest absolute Gasteiger partial charge is 0.494 e. The second kappa shape index (κ2) is 10.2. The average molecular weight is 345 g/mol. The zero-order valence-corrected chi connectivity index (χ0v) is 15.3. The number of benzene rings is 1. The first-order chi connectivity index (χ1) is 12.1. The number of rotatable bonds is 10. The smallest absolute Gasteiger partial charge is 0.221 e. The quantitative estimate of drug-likeness (QED) is 0.503. The highest BCUT2D eigenvalue weighted by Crippen LogP contribution is 2.21. The summed E-state index contributed by atoms with van der Waals surface area (Å²) in [5.41, 5.74) is 7.86. The number of ether oxygens (including phenoxy) is 1. The number of carbonyl (C=O) groups is 1. The van der Waals surface area contributed by atoms with Crippen LogP contribution in [0, 0.1) is 5.92 Å². The molecule has 1 amide bonds. The number of nitrogens with one attached hydrogen (secondary N) is 1. The van der Waals surface area contributed by atoms with E-state index in [0.29, 0.717) is 6.61 Å². The van der Waals surface area contributed by atoms with Crippen LogP contribution in [0.15, 0.2) is 30.9 Å². The molecule has 1 fully saturated rings. The molecule has 2 rings (SSSR count). The molecule has 138 valence electrons. The van der Waals surface area contributed by atoms with E-state index in [0.717, 1.165) is 57.7 Å². The van der Waals surface area contributed by atoms with Gasteiger partial charge in [-0.25, -0.2) is 0 Å². The number of amides is 1. The van der Waals surface area contributed by atoms with Crippen molar-refractivity contribution < 1.29 is 9.53 Å². The lowest BCUT2D eigenvalue weighted by molar-refractivity contribution is -0.123. The Labute approximate surface area is 151 Å². The molecule has 0 saturated carbocycles. The maximum atomic E-state index is 11.3. The van der Waals surface area contributed by atoms with Crippen molar-refractivity contribution in [3.8, 4) is 5.75 Å². The molecule has 0 radical (unpaired) electrons. The Morgan fingerprint density at radius 2 is 2.36 bits per heavy atom. The summed E-state index contributed by atoms with van der Waals surface area (Å²) >= 11 is 0. The maximum absolute atomic E-state index is 11.3. The van der Waals surface area contributed by atoms with Crippen LogP contribution in [0.5, 0.6) is 5.75 Å². The van der Waals surface area contributed by atoms with E-state index in [4.69, 9.17) is 10.5 Å². The lowest BCUT2D eigenvalue weighted by Crippen LogP contribution is -2.43. The van der Waals surface area contributed by atoms with Crippen LogP contribution in [-0.2, 0) is 17.8 Å². The molecule has 1 heterocycles. The summed E-state index contributed by atoms with van der Waals surface area (Å²) in [4.78, 5) is 13.7. The first-order valence-corrected chi connectivity index (χ1v) is 9.22. The van der Waals surface area contributed by atoms with Crippen molar-refractivity contribution in [1.29, 1.82) is 0 Å². The first-order valence-electron chi connectivity index (χ1n) is 9.22. The summed E-state index contributed by atoms with van der Waals surface area (Å²) < 4.78 is 5.67. The van der Waals surface area contributed by atoms with E-state index in [9.17, 15) is 4.79 Å². The van der Waals surface area contributed by atoms with E-state index in [1.54, 1.807) is 0 Å². The van der Waals surface area contributed by atoms with E-state index < -0.39 is 0 Å². The van der Waals surface area contributed by atoms with Crippen molar-refractivity contribution in [2.24, 2.45) is 11.7 Å². The molecule has 0 spiro atoms. The van der Waals surface area contributed by atoms with Crippen molar-refractivity contribution >= 4 is 5.91 Å². The Balaban J connectivity index is 1.78. The number of hydrogen-bond acceptors (Lipinski definition) is 4. The molecule has 1 aromatic carbocycles. The predicted octanol–water partition coefficient (Wildman–Crippen LogP) is 2.10. The summed E-state index contributed by atoms with van der Waals surface area (Å²) in [6.45, 7) is 11.0. The molecule has 5 nitrogen and oxygen atoms in total. The van der Waals surface area contributed by atoms with Gasteiger partial charge in [-0.05, 0) is 49.9 Å². The van der Waals surface area contributed by atoms with Crippen LogP contribution < -0.4 is 15.8 Å². The average Bonchev–Trinajstić information content (AvgIpc) is 2.61. The van der Waals surface area contributed by atoms with Crippen molar-refractivity contribution in [1.82, 2.24) is 10.2 Å². The molecule has 0 aliphatic carbocycles. The van der Waals surface area contributed by atoms with Gasteiger partial charge < -0.3 is 20.7 Å². The highest BCUT2D eigenvalue weighted by atomic mass is 16.5. The third-order valence-electron chi connectivity index (χ3n) is 4.63. The van der Waals surface area contributed by atoms with Crippen LogP contribution in [0.1, 0.15) is 30.9 Å². The monoisotopic (exact) mass is 345 g/mol. The van der Waals surface area contributed by atoms with Crippen LogP contribution in [0.3, 0.4) is 0 Å². The lowest BCUT2D eigenvalue weighted by Gasteiger charge is -2.31. The maximum Gasteiger partial charge on any atom is 0.221 e.